The Bertz CT molecular complexity index is 243. The second-order valence-corrected chi connectivity index (χ2v) is 2.62. The lowest BCUT2D eigenvalue weighted by Gasteiger charge is -1.98. The predicted molar refractivity (Wildman–Crippen MR) is 53.8 cm³/mol. The number of benzene rings is 1. The van der Waals surface area contributed by atoms with Crippen LogP contribution in [0.4, 0.5) is 5.69 Å². The summed E-state index contributed by atoms with van der Waals surface area (Å²) in [6.45, 7) is 5.93. The highest BCUT2D eigenvalue weighted by molar-refractivity contribution is 5.87. The van der Waals surface area contributed by atoms with Crippen molar-refractivity contribution in [2.75, 3.05) is 0 Å². The van der Waals surface area contributed by atoms with Gasteiger partial charge in [0.2, 0.25) is 0 Å². The molecule has 0 aromatic heterocycles. The van der Waals surface area contributed by atoms with Gasteiger partial charge in [0.15, 0.2) is 0 Å². The minimum atomic E-state index is 0.797. The standard InChI is InChI=1S/C11H14N/c1-3-10(4-2)12-11-8-6-5-7-9-11/h5-9H,1,3-4H2,2H3. The number of rotatable bonds is 3. The van der Waals surface area contributed by atoms with E-state index in [9.17, 15) is 0 Å². The average molecular weight is 160 g/mol. The van der Waals surface area contributed by atoms with Crippen molar-refractivity contribution in [2.45, 2.75) is 19.8 Å². The Balaban J connectivity index is 2.79. The molecular weight excluding hydrogens is 146 g/mol. The number of hydrogen-bond donors (Lipinski definition) is 0. The highest BCUT2D eigenvalue weighted by Gasteiger charge is 1.91. The second-order valence-electron chi connectivity index (χ2n) is 2.62. The molecule has 0 amide bonds. The van der Waals surface area contributed by atoms with Crippen molar-refractivity contribution in [2.24, 2.45) is 4.99 Å². The molecule has 1 aromatic rings. The van der Waals surface area contributed by atoms with Crippen LogP contribution in [0.15, 0.2) is 35.3 Å². The molecule has 0 bridgehead atoms. The molecule has 0 saturated heterocycles. The minimum Gasteiger partial charge on any atom is -0.258 e. The zero-order valence-corrected chi connectivity index (χ0v) is 7.46. The first kappa shape index (κ1) is 8.98. The fourth-order valence-electron chi connectivity index (χ4n) is 0.997. The van der Waals surface area contributed by atoms with E-state index in [2.05, 4.69) is 18.8 Å². The topological polar surface area (TPSA) is 12.4 Å². The lowest BCUT2D eigenvalue weighted by molar-refractivity contribution is 1.21. The highest BCUT2D eigenvalue weighted by atomic mass is 14.7. The lowest BCUT2D eigenvalue weighted by Crippen LogP contribution is -1.91. The van der Waals surface area contributed by atoms with E-state index < -0.39 is 0 Å². The van der Waals surface area contributed by atoms with E-state index in [-0.39, 0.29) is 0 Å². The van der Waals surface area contributed by atoms with Crippen molar-refractivity contribution in [1.29, 1.82) is 0 Å². The molecule has 1 aromatic carbocycles. The first-order chi connectivity index (χ1) is 5.86. The maximum absolute atomic E-state index is 4.45. The van der Waals surface area contributed by atoms with Crippen LogP contribution in [0.3, 0.4) is 0 Å². The smallest absolute Gasteiger partial charge is 0.0629 e. The molecule has 1 heteroatoms. The molecule has 12 heavy (non-hydrogen) atoms. The van der Waals surface area contributed by atoms with Crippen molar-refractivity contribution in [3.05, 3.63) is 37.3 Å². The molecule has 0 aliphatic rings. The summed E-state index contributed by atoms with van der Waals surface area (Å²) in [4.78, 5) is 4.45. The summed E-state index contributed by atoms with van der Waals surface area (Å²) in [7, 11) is 0. The van der Waals surface area contributed by atoms with Crippen LogP contribution in [-0.4, -0.2) is 5.71 Å². The Morgan fingerprint density at radius 2 is 2.00 bits per heavy atom. The Morgan fingerprint density at radius 1 is 1.33 bits per heavy atom. The van der Waals surface area contributed by atoms with Gasteiger partial charge < -0.3 is 0 Å². The van der Waals surface area contributed by atoms with Crippen LogP contribution in [0.5, 0.6) is 0 Å². The number of hydrogen-bond acceptors (Lipinski definition) is 1. The third kappa shape index (κ3) is 2.50. The van der Waals surface area contributed by atoms with Crippen molar-refractivity contribution in [3.8, 4) is 0 Å². The van der Waals surface area contributed by atoms with Gasteiger partial charge in [-0.2, -0.15) is 0 Å². The van der Waals surface area contributed by atoms with Gasteiger partial charge in [-0.3, -0.25) is 4.99 Å². The van der Waals surface area contributed by atoms with Gasteiger partial charge in [0.1, 0.15) is 0 Å². The Morgan fingerprint density at radius 3 is 2.50 bits per heavy atom. The van der Waals surface area contributed by atoms with E-state index in [1.807, 2.05) is 30.3 Å². The summed E-state index contributed by atoms with van der Waals surface area (Å²) >= 11 is 0. The van der Waals surface area contributed by atoms with Gasteiger partial charge >= 0.3 is 0 Å². The van der Waals surface area contributed by atoms with Gasteiger partial charge in [-0.15, -0.1) is 0 Å². The zero-order valence-electron chi connectivity index (χ0n) is 7.46. The molecule has 0 saturated carbocycles. The van der Waals surface area contributed by atoms with Crippen molar-refractivity contribution in [1.82, 2.24) is 0 Å². The molecule has 63 valence electrons. The summed E-state index contributed by atoms with van der Waals surface area (Å²) < 4.78 is 0. The van der Waals surface area contributed by atoms with Gasteiger partial charge in [-0.05, 0) is 31.9 Å². The van der Waals surface area contributed by atoms with E-state index in [1.54, 1.807) is 0 Å². The van der Waals surface area contributed by atoms with Crippen LogP contribution in [0.25, 0.3) is 0 Å². The fraction of sp³-hybridized carbons (Fsp3) is 0.273. The van der Waals surface area contributed by atoms with E-state index in [1.165, 1.54) is 0 Å². The van der Waals surface area contributed by atoms with Crippen LogP contribution >= 0.6 is 0 Å². The van der Waals surface area contributed by atoms with Crippen LogP contribution in [-0.2, 0) is 0 Å². The normalized spacial score (nSPS) is 11.7. The van der Waals surface area contributed by atoms with Crippen molar-refractivity contribution >= 4 is 11.4 Å². The first-order valence-electron chi connectivity index (χ1n) is 4.27. The Labute approximate surface area is 74.2 Å². The summed E-state index contributed by atoms with van der Waals surface area (Å²) in [6, 6.07) is 10.00. The lowest BCUT2D eigenvalue weighted by atomic mass is 10.2. The molecule has 0 spiro atoms. The summed E-state index contributed by atoms with van der Waals surface area (Å²) in [6.07, 6.45) is 1.78. The van der Waals surface area contributed by atoms with Crippen LogP contribution < -0.4 is 0 Å². The third-order valence-electron chi connectivity index (χ3n) is 1.74. The van der Waals surface area contributed by atoms with Crippen molar-refractivity contribution in [3.63, 3.8) is 0 Å². The number of nitrogens with zero attached hydrogens (tertiary/aromatic N) is 1. The molecule has 0 atom stereocenters. The maximum atomic E-state index is 4.45. The second kappa shape index (κ2) is 4.70. The van der Waals surface area contributed by atoms with E-state index in [0.717, 1.165) is 24.2 Å². The predicted octanol–water partition coefficient (Wildman–Crippen LogP) is 3.39. The van der Waals surface area contributed by atoms with Crippen LogP contribution in [0, 0.1) is 6.92 Å². The quantitative estimate of drug-likeness (QED) is 0.601. The van der Waals surface area contributed by atoms with Crippen molar-refractivity contribution < 1.29 is 0 Å². The fourth-order valence-corrected chi connectivity index (χ4v) is 0.997. The molecule has 1 rings (SSSR count). The summed E-state index contributed by atoms with van der Waals surface area (Å²) in [5, 5.41) is 0. The molecule has 0 fully saturated rings. The van der Waals surface area contributed by atoms with Gasteiger partial charge in [0.05, 0.1) is 5.69 Å². The molecule has 0 unspecified atom stereocenters. The molecule has 1 radical (unpaired) electrons. The number of para-hydroxylation sites is 1. The molecule has 0 heterocycles. The number of aliphatic imine (C=N–C) groups is 1. The monoisotopic (exact) mass is 160 g/mol. The zero-order chi connectivity index (χ0) is 8.81. The van der Waals surface area contributed by atoms with E-state index in [4.69, 9.17) is 0 Å². The molecule has 0 aliphatic heterocycles. The first-order valence-corrected chi connectivity index (χ1v) is 4.27. The van der Waals surface area contributed by atoms with Crippen LogP contribution in [0.2, 0.25) is 0 Å². The molecular formula is C11H14N. The summed E-state index contributed by atoms with van der Waals surface area (Å²) in [5.74, 6) is 0. The molecule has 1 nitrogen and oxygen atoms in total. The highest BCUT2D eigenvalue weighted by Crippen LogP contribution is 2.11. The Hall–Kier alpha value is -1.11. The van der Waals surface area contributed by atoms with Gasteiger partial charge in [-0.25, -0.2) is 0 Å². The third-order valence-corrected chi connectivity index (χ3v) is 1.74. The largest absolute Gasteiger partial charge is 0.258 e. The van der Waals surface area contributed by atoms with Gasteiger partial charge in [0, 0.05) is 5.71 Å². The SMILES string of the molecule is [CH2]CC(CC)=Nc1ccccc1. The van der Waals surface area contributed by atoms with Crippen LogP contribution in [0.1, 0.15) is 19.8 Å². The molecule has 0 aliphatic carbocycles. The van der Waals surface area contributed by atoms with E-state index in [0.29, 0.717) is 0 Å². The summed E-state index contributed by atoms with van der Waals surface area (Å²) in [5.41, 5.74) is 2.18. The van der Waals surface area contributed by atoms with E-state index >= 15 is 0 Å². The Kier molecular flexibility index (Phi) is 3.52. The maximum Gasteiger partial charge on any atom is 0.0629 e. The van der Waals surface area contributed by atoms with Gasteiger partial charge in [0.25, 0.3) is 0 Å². The van der Waals surface area contributed by atoms with Gasteiger partial charge in [-0.1, -0.05) is 25.1 Å². The molecule has 0 N–H and O–H groups in total. The minimum absolute atomic E-state index is 0.797. The average Bonchev–Trinajstić information content (AvgIpc) is 2.16.